The van der Waals surface area contributed by atoms with Gasteiger partial charge in [-0.05, 0) is 44.6 Å². The first-order valence-electron chi connectivity index (χ1n) is 5.84. The molecule has 1 rings (SSSR count). The van der Waals surface area contributed by atoms with Crippen LogP contribution in [0.1, 0.15) is 39.7 Å². The highest BCUT2D eigenvalue weighted by Gasteiger charge is 2.08. The van der Waals surface area contributed by atoms with E-state index in [0.29, 0.717) is 0 Å². The average Bonchev–Trinajstić information content (AvgIpc) is 2.24. The summed E-state index contributed by atoms with van der Waals surface area (Å²) in [6.07, 6.45) is 3.16. The van der Waals surface area contributed by atoms with Crippen LogP contribution in [-0.2, 0) is 6.54 Å². The number of rotatable bonds is 5. The molecule has 0 aliphatic heterocycles. The van der Waals surface area contributed by atoms with Crippen molar-refractivity contribution in [3.63, 3.8) is 0 Å². The summed E-state index contributed by atoms with van der Waals surface area (Å²) in [6, 6.07) is 4.27. The number of nitrogens with zero attached hydrogens (tertiary/aromatic N) is 1. The Morgan fingerprint density at radius 3 is 2.56 bits per heavy atom. The molecule has 0 aliphatic rings. The summed E-state index contributed by atoms with van der Waals surface area (Å²) in [4.78, 5) is 4.44. The first-order chi connectivity index (χ1) is 7.51. The Balaban J connectivity index is 2.45. The van der Waals surface area contributed by atoms with E-state index < -0.39 is 0 Å². The maximum Gasteiger partial charge on any atom is 0.0960 e. The molecule has 1 aromatic rings. The van der Waals surface area contributed by atoms with Gasteiger partial charge in [-0.3, -0.25) is 0 Å². The fraction of sp³-hybridized carbons (Fsp3) is 0.615. The smallest absolute Gasteiger partial charge is 0.0960 e. The van der Waals surface area contributed by atoms with Gasteiger partial charge in [0.25, 0.3) is 0 Å². The summed E-state index contributed by atoms with van der Waals surface area (Å²) >= 11 is 1.82. The van der Waals surface area contributed by atoms with Gasteiger partial charge in [0.2, 0.25) is 0 Å². The highest BCUT2D eigenvalue weighted by atomic mass is 32.2. The predicted octanol–water partition coefficient (Wildman–Crippen LogP) is 3.47. The van der Waals surface area contributed by atoms with Crippen molar-refractivity contribution < 1.29 is 0 Å². The number of nitrogens with one attached hydrogen (secondary N) is 1. The van der Waals surface area contributed by atoms with Crippen LogP contribution in [0.5, 0.6) is 0 Å². The van der Waals surface area contributed by atoms with Crippen LogP contribution in [0.15, 0.2) is 23.4 Å². The zero-order valence-corrected chi connectivity index (χ0v) is 11.5. The molecule has 0 radical (unpaired) electrons. The maximum absolute atomic E-state index is 4.44. The zero-order valence-electron chi connectivity index (χ0n) is 10.7. The van der Waals surface area contributed by atoms with Crippen molar-refractivity contribution in [1.82, 2.24) is 10.3 Å². The maximum atomic E-state index is 4.44. The molecular weight excluding hydrogens is 216 g/mol. The van der Waals surface area contributed by atoms with Crippen LogP contribution >= 0.6 is 11.8 Å². The van der Waals surface area contributed by atoms with Gasteiger partial charge in [-0.25, -0.2) is 4.98 Å². The van der Waals surface area contributed by atoms with Crippen molar-refractivity contribution in [2.75, 3.05) is 5.75 Å². The van der Waals surface area contributed by atoms with Gasteiger partial charge in [-0.1, -0.05) is 13.0 Å². The van der Waals surface area contributed by atoms with E-state index in [9.17, 15) is 0 Å². The van der Waals surface area contributed by atoms with Crippen molar-refractivity contribution >= 4 is 11.8 Å². The van der Waals surface area contributed by atoms with Crippen molar-refractivity contribution in [3.05, 3.63) is 23.9 Å². The summed E-state index contributed by atoms with van der Waals surface area (Å²) in [5, 5.41) is 4.58. The standard InChI is InChI=1S/C13H22N2S/c1-5-8-16-12-7-6-11(9-14-12)10-15-13(2,3)4/h6-7,9,15H,5,8,10H2,1-4H3. The van der Waals surface area contributed by atoms with Crippen LogP contribution in [0.2, 0.25) is 0 Å². The van der Waals surface area contributed by atoms with Gasteiger partial charge >= 0.3 is 0 Å². The van der Waals surface area contributed by atoms with Crippen LogP contribution < -0.4 is 5.32 Å². The van der Waals surface area contributed by atoms with E-state index in [-0.39, 0.29) is 5.54 Å². The Bertz CT molecular complexity index is 301. The SMILES string of the molecule is CCCSc1ccc(CNC(C)(C)C)cn1. The third-order valence-corrected chi connectivity index (χ3v) is 3.22. The molecule has 0 saturated carbocycles. The molecular formula is C13H22N2S. The molecule has 0 saturated heterocycles. The van der Waals surface area contributed by atoms with Crippen LogP contribution in [0, 0.1) is 0 Å². The summed E-state index contributed by atoms with van der Waals surface area (Å²) in [7, 11) is 0. The summed E-state index contributed by atoms with van der Waals surface area (Å²) in [5.41, 5.74) is 1.41. The van der Waals surface area contributed by atoms with Crippen LogP contribution in [-0.4, -0.2) is 16.3 Å². The molecule has 0 bridgehead atoms. The molecule has 0 spiro atoms. The van der Waals surface area contributed by atoms with E-state index in [1.807, 2.05) is 18.0 Å². The van der Waals surface area contributed by atoms with Crippen molar-refractivity contribution in [3.8, 4) is 0 Å². The first-order valence-corrected chi connectivity index (χ1v) is 6.82. The molecule has 1 aromatic heterocycles. The highest BCUT2D eigenvalue weighted by Crippen LogP contribution is 2.16. The van der Waals surface area contributed by atoms with Crippen molar-refractivity contribution in [1.29, 1.82) is 0 Å². The predicted molar refractivity (Wildman–Crippen MR) is 71.8 cm³/mol. The number of hydrogen-bond acceptors (Lipinski definition) is 3. The van der Waals surface area contributed by atoms with Gasteiger partial charge in [0, 0.05) is 18.3 Å². The van der Waals surface area contributed by atoms with E-state index >= 15 is 0 Å². The summed E-state index contributed by atoms with van der Waals surface area (Å²) < 4.78 is 0. The molecule has 0 aliphatic carbocycles. The summed E-state index contributed by atoms with van der Waals surface area (Å²) in [5.74, 6) is 1.15. The number of hydrogen-bond donors (Lipinski definition) is 1. The fourth-order valence-corrected chi connectivity index (χ4v) is 1.88. The molecule has 3 heteroatoms. The van der Waals surface area contributed by atoms with Gasteiger partial charge in [-0.2, -0.15) is 0 Å². The van der Waals surface area contributed by atoms with E-state index in [0.717, 1.165) is 17.3 Å². The normalized spacial score (nSPS) is 11.8. The number of thioether (sulfide) groups is 1. The Morgan fingerprint density at radius 2 is 2.06 bits per heavy atom. The first kappa shape index (κ1) is 13.5. The van der Waals surface area contributed by atoms with Gasteiger partial charge < -0.3 is 5.32 Å². The molecule has 16 heavy (non-hydrogen) atoms. The monoisotopic (exact) mass is 238 g/mol. The Hall–Kier alpha value is -0.540. The molecule has 0 fully saturated rings. The van der Waals surface area contributed by atoms with Crippen molar-refractivity contribution in [2.45, 2.75) is 51.2 Å². The van der Waals surface area contributed by atoms with Crippen molar-refractivity contribution in [2.24, 2.45) is 0 Å². The zero-order chi connectivity index (χ0) is 12.0. The molecule has 1 heterocycles. The van der Waals surface area contributed by atoms with Crippen LogP contribution in [0.25, 0.3) is 0 Å². The lowest BCUT2D eigenvalue weighted by molar-refractivity contribution is 0.424. The second-order valence-electron chi connectivity index (χ2n) is 4.96. The minimum atomic E-state index is 0.162. The van der Waals surface area contributed by atoms with Gasteiger partial charge in [0.1, 0.15) is 0 Å². The largest absolute Gasteiger partial charge is 0.308 e. The van der Waals surface area contributed by atoms with E-state index in [1.54, 1.807) is 0 Å². The topological polar surface area (TPSA) is 24.9 Å². The minimum Gasteiger partial charge on any atom is -0.308 e. The number of aromatic nitrogens is 1. The lowest BCUT2D eigenvalue weighted by Crippen LogP contribution is -2.35. The number of pyridine rings is 1. The summed E-state index contributed by atoms with van der Waals surface area (Å²) in [6.45, 7) is 9.59. The van der Waals surface area contributed by atoms with Gasteiger partial charge in [0.15, 0.2) is 0 Å². The Morgan fingerprint density at radius 1 is 1.31 bits per heavy atom. The van der Waals surface area contributed by atoms with Gasteiger partial charge in [-0.15, -0.1) is 11.8 Å². The fourth-order valence-electron chi connectivity index (χ4n) is 1.17. The molecule has 0 atom stereocenters. The van der Waals surface area contributed by atoms with Gasteiger partial charge in [0.05, 0.1) is 5.03 Å². The lowest BCUT2D eigenvalue weighted by Gasteiger charge is -2.20. The molecule has 0 unspecified atom stereocenters. The quantitative estimate of drug-likeness (QED) is 0.795. The molecule has 2 nitrogen and oxygen atoms in total. The van der Waals surface area contributed by atoms with E-state index in [2.05, 4.69) is 50.1 Å². The molecule has 0 aromatic carbocycles. The highest BCUT2D eigenvalue weighted by molar-refractivity contribution is 7.99. The minimum absolute atomic E-state index is 0.162. The van der Waals surface area contributed by atoms with E-state index in [4.69, 9.17) is 0 Å². The Labute approximate surface area is 103 Å². The lowest BCUT2D eigenvalue weighted by atomic mass is 10.1. The Kier molecular flexibility index (Phi) is 5.29. The van der Waals surface area contributed by atoms with Crippen LogP contribution in [0.4, 0.5) is 0 Å². The molecule has 0 amide bonds. The second kappa shape index (κ2) is 6.26. The second-order valence-corrected chi connectivity index (χ2v) is 6.07. The molecule has 90 valence electrons. The average molecular weight is 238 g/mol. The van der Waals surface area contributed by atoms with Crippen LogP contribution in [0.3, 0.4) is 0 Å². The third-order valence-electron chi connectivity index (χ3n) is 2.07. The third kappa shape index (κ3) is 5.52. The van der Waals surface area contributed by atoms with E-state index in [1.165, 1.54) is 12.0 Å². The molecule has 1 N–H and O–H groups in total.